The zero-order valence-electron chi connectivity index (χ0n) is 8.67. The van der Waals surface area contributed by atoms with E-state index in [0.29, 0.717) is 5.56 Å². The molecule has 2 nitrogen and oxygen atoms in total. The van der Waals surface area contributed by atoms with Crippen molar-refractivity contribution in [2.24, 2.45) is 0 Å². The molecule has 0 saturated heterocycles. The maximum atomic E-state index is 12.9. The highest BCUT2D eigenvalue weighted by atomic mass is 19.4. The molecular weight excluding hydrogens is 240 g/mol. The van der Waals surface area contributed by atoms with E-state index in [4.69, 9.17) is 5.11 Å². The largest absolute Gasteiger partial charge is 0.481 e. The van der Waals surface area contributed by atoms with Gasteiger partial charge in [-0.25, -0.2) is 4.39 Å². The second-order valence-electron chi connectivity index (χ2n) is 3.54. The minimum atomic E-state index is -4.91. The first kappa shape index (κ1) is 13.5. The fourth-order valence-corrected chi connectivity index (χ4v) is 1.29. The summed E-state index contributed by atoms with van der Waals surface area (Å²) in [5, 5.41) is 8.42. The molecule has 1 aromatic carbocycles. The summed E-state index contributed by atoms with van der Waals surface area (Å²) in [4.78, 5) is 10.3. The van der Waals surface area contributed by atoms with E-state index < -0.39 is 23.9 Å². The van der Waals surface area contributed by atoms with Gasteiger partial charge in [0, 0.05) is 6.42 Å². The molecule has 0 saturated carbocycles. The monoisotopic (exact) mass is 250 g/mol. The van der Waals surface area contributed by atoms with Crippen molar-refractivity contribution in [3.8, 4) is 0 Å². The van der Waals surface area contributed by atoms with E-state index in [1.165, 1.54) is 12.1 Å². The van der Waals surface area contributed by atoms with Crippen LogP contribution >= 0.6 is 0 Å². The summed E-state index contributed by atoms with van der Waals surface area (Å²) in [7, 11) is 0. The number of benzene rings is 1. The number of carbonyl (C=O) groups is 1. The van der Waals surface area contributed by atoms with Gasteiger partial charge in [0.05, 0.1) is 0 Å². The summed E-state index contributed by atoms with van der Waals surface area (Å²) in [6.07, 6.45) is -7.82. The Bertz CT molecular complexity index is 383. The Kier molecular flexibility index (Phi) is 4.09. The van der Waals surface area contributed by atoms with E-state index in [2.05, 4.69) is 0 Å². The third kappa shape index (κ3) is 4.05. The number of carboxylic acids is 1. The van der Waals surface area contributed by atoms with Crippen LogP contribution in [0.5, 0.6) is 0 Å². The van der Waals surface area contributed by atoms with Crippen molar-refractivity contribution in [2.45, 2.75) is 25.2 Å². The summed E-state index contributed by atoms with van der Waals surface area (Å²) in [6, 6.07) is 4.65. The topological polar surface area (TPSA) is 37.3 Å². The highest BCUT2D eigenvalue weighted by Crippen LogP contribution is 2.35. The van der Waals surface area contributed by atoms with E-state index >= 15 is 0 Å². The molecule has 0 aliphatic rings. The molecule has 0 amide bonds. The van der Waals surface area contributed by atoms with Gasteiger partial charge in [-0.3, -0.25) is 4.79 Å². The quantitative estimate of drug-likeness (QED) is 0.832. The Morgan fingerprint density at radius 3 is 2.18 bits per heavy atom. The van der Waals surface area contributed by atoms with Gasteiger partial charge >= 0.3 is 12.1 Å². The predicted octanol–water partition coefficient (Wildman–Crippen LogP) is 3.28. The lowest BCUT2D eigenvalue weighted by atomic mass is 10.0. The first-order valence-corrected chi connectivity index (χ1v) is 4.82. The number of carboxylic acid groups (broad SMARTS) is 1. The summed E-state index contributed by atoms with van der Waals surface area (Å²) in [6.45, 7) is 0. The van der Waals surface area contributed by atoms with Crippen LogP contribution in [0.3, 0.4) is 0 Å². The molecule has 0 aliphatic carbocycles. The Labute approximate surface area is 94.9 Å². The van der Waals surface area contributed by atoms with E-state index in [0.717, 1.165) is 12.1 Å². The molecule has 0 bridgehead atoms. The van der Waals surface area contributed by atoms with Crippen molar-refractivity contribution in [1.29, 1.82) is 0 Å². The summed E-state index contributed by atoms with van der Waals surface area (Å²) >= 11 is 0. The Balaban J connectivity index is 2.71. The first-order valence-electron chi connectivity index (χ1n) is 4.82. The van der Waals surface area contributed by atoms with E-state index in [1.807, 2.05) is 0 Å². The SMILES string of the molecule is O=C(O)CCc1ccc(C(F)C(F)(F)F)cc1. The van der Waals surface area contributed by atoms with Gasteiger partial charge in [0.25, 0.3) is 0 Å². The molecule has 0 aliphatic heterocycles. The molecule has 0 spiro atoms. The van der Waals surface area contributed by atoms with Crippen LogP contribution in [-0.2, 0) is 11.2 Å². The first-order chi connectivity index (χ1) is 7.80. The van der Waals surface area contributed by atoms with E-state index in [-0.39, 0.29) is 12.8 Å². The maximum absolute atomic E-state index is 12.9. The van der Waals surface area contributed by atoms with Gasteiger partial charge in [0.1, 0.15) is 0 Å². The summed E-state index contributed by atoms with van der Waals surface area (Å²) < 4.78 is 49.0. The molecule has 1 unspecified atom stereocenters. The van der Waals surface area contributed by atoms with Gasteiger partial charge in [0.2, 0.25) is 6.17 Å². The van der Waals surface area contributed by atoms with Crippen molar-refractivity contribution >= 4 is 5.97 Å². The van der Waals surface area contributed by atoms with Gasteiger partial charge in [-0.1, -0.05) is 24.3 Å². The van der Waals surface area contributed by atoms with Crippen LogP contribution in [0.25, 0.3) is 0 Å². The predicted molar refractivity (Wildman–Crippen MR) is 52.3 cm³/mol. The number of rotatable bonds is 4. The van der Waals surface area contributed by atoms with Gasteiger partial charge in [-0.15, -0.1) is 0 Å². The fraction of sp³-hybridized carbons (Fsp3) is 0.364. The molecule has 1 aromatic rings. The second-order valence-corrected chi connectivity index (χ2v) is 3.54. The zero-order valence-corrected chi connectivity index (χ0v) is 8.67. The van der Waals surface area contributed by atoms with Gasteiger partial charge in [-0.05, 0) is 17.5 Å². The molecule has 0 radical (unpaired) electrons. The molecule has 1 atom stereocenters. The maximum Gasteiger partial charge on any atom is 0.423 e. The Morgan fingerprint density at radius 1 is 1.24 bits per heavy atom. The minimum absolute atomic E-state index is 0.113. The Hall–Kier alpha value is -1.59. The molecule has 17 heavy (non-hydrogen) atoms. The zero-order chi connectivity index (χ0) is 13.1. The van der Waals surface area contributed by atoms with Crippen molar-refractivity contribution in [3.05, 3.63) is 35.4 Å². The molecule has 6 heteroatoms. The van der Waals surface area contributed by atoms with Crippen LogP contribution in [0.2, 0.25) is 0 Å². The number of alkyl halides is 4. The van der Waals surface area contributed by atoms with Gasteiger partial charge in [0.15, 0.2) is 0 Å². The normalized spacial score (nSPS) is 13.4. The molecule has 0 aromatic heterocycles. The third-order valence-corrected chi connectivity index (χ3v) is 2.19. The third-order valence-electron chi connectivity index (χ3n) is 2.19. The number of hydrogen-bond acceptors (Lipinski definition) is 1. The Morgan fingerprint density at radius 2 is 1.76 bits per heavy atom. The fourth-order valence-electron chi connectivity index (χ4n) is 1.29. The molecule has 1 rings (SSSR count). The van der Waals surface area contributed by atoms with Crippen LogP contribution in [0.15, 0.2) is 24.3 Å². The molecule has 1 N–H and O–H groups in total. The average molecular weight is 250 g/mol. The summed E-state index contributed by atoms with van der Waals surface area (Å²) in [5.41, 5.74) is 0.0853. The minimum Gasteiger partial charge on any atom is -0.481 e. The second kappa shape index (κ2) is 5.16. The van der Waals surface area contributed by atoms with Gasteiger partial charge in [-0.2, -0.15) is 13.2 Å². The molecule has 0 fully saturated rings. The highest BCUT2D eigenvalue weighted by Gasteiger charge is 2.41. The summed E-state index contributed by atoms with van der Waals surface area (Å²) in [5.74, 6) is -0.993. The van der Waals surface area contributed by atoms with Crippen molar-refractivity contribution in [2.75, 3.05) is 0 Å². The smallest absolute Gasteiger partial charge is 0.423 e. The lowest BCUT2D eigenvalue weighted by Gasteiger charge is -2.12. The van der Waals surface area contributed by atoms with Crippen LogP contribution < -0.4 is 0 Å². The highest BCUT2D eigenvalue weighted by molar-refractivity contribution is 5.67. The number of aryl methyl sites for hydroxylation is 1. The van der Waals surface area contributed by atoms with Crippen molar-refractivity contribution < 1.29 is 27.5 Å². The van der Waals surface area contributed by atoms with E-state index in [9.17, 15) is 22.4 Å². The standard InChI is InChI=1S/C11H10F4O2/c12-10(11(13,14)15)8-4-1-7(2-5-8)3-6-9(16)17/h1-2,4-5,10H,3,6H2,(H,16,17). The number of hydrogen-bond donors (Lipinski definition) is 1. The van der Waals surface area contributed by atoms with Crippen LogP contribution in [0.4, 0.5) is 17.6 Å². The average Bonchev–Trinajstić information content (AvgIpc) is 2.25. The molecular formula is C11H10F4O2. The lowest BCUT2D eigenvalue weighted by molar-refractivity contribution is -0.182. The van der Waals surface area contributed by atoms with E-state index in [1.54, 1.807) is 0 Å². The number of aliphatic carboxylic acids is 1. The lowest BCUT2D eigenvalue weighted by Crippen LogP contribution is -2.16. The van der Waals surface area contributed by atoms with Crippen LogP contribution in [0, 0.1) is 0 Å². The molecule has 0 heterocycles. The van der Waals surface area contributed by atoms with Crippen molar-refractivity contribution in [3.63, 3.8) is 0 Å². The number of halogens is 4. The van der Waals surface area contributed by atoms with Crippen molar-refractivity contribution in [1.82, 2.24) is 0 Å². The van der Waals surface area contributed by atoms with Gasteiger partial charge < -0.3 is 5.11 Å². The van der Waals surface area contributed by atoms with Crippen LogP contribution in [-0.4, -0.2) is 17.3 Å². The van der Waals surface area contributed by atoms with Crippen LogP contribution in [0.1, 0.15) is 23.7 Å². The molecule has 94 valence electrons.